The van der Waals surface area contributed by atoms with E-state index in [1.807, 2.05) is 0 Å². The maximum absolute atomic E-state index is 14.7. The van der Waals surface area contributed by atoms with E-state index in [0.29, 0.717) is 17.2 Å². The predicted molar refractivity (Wildman–Crippen MR) is 151 cm³/mol. The molecule has 0 fully saturated rings. The summed E-state index contributed by atoms with van der Waals surface area (Å²) in [5.74, 6) is -1.55. The molecule has 2 aromatic heterocycles. The number of nitrogens with zero attached hydrogens (tertiary/aromatic N) is 3. The number of fused-ring (bicyclic) bond motifs is 2. The molecule has 2 aromatic carbocycles. The lowest BCUT2D eigenvalue weighted by atomic mass is 9.69. The minimum atomic E-state index is -1.95. The Hall–Kier alpha value is -5.10. The van der Waals surface area contributed by atoms with Crippen molar-refractivity contribution in [3.05, 3.63) is 82.0 Å². The molecule has 1 aliphatic carbocycles. The average Bonchev–Trinajstić information content (AvgIpc) is 3.74. The fourth-order valence-electron chi connectivity index (χ4n) is 6.18. The zero-order valence-electron chi connectivity index (χ0n) is 23.0. The van der Waals surface area contributed by atoms with Crippen LogP contribution in [0.1, 0.15) is 45.9 Å². The molecule has 0 saturated carbocycles. The maximum atomic E-state index is 14.7. The Morgan fingerprint density at radius 1 is 1.14 bits per heavy atom. The number of allylic oxidation sites excluding steroid dienone is 1. The Bertz CT molecular complexity index is 1910. The number of carbonyl (C=O) groups excluding carboxylic acids is 2. The Morgan fingerprint density at radius 2 is 1.91 bits per heavy atom. The Labute approximate surface area is 248 Å². The second-order valence-corrected chi connectivity index (χ2v) is 10.8. The Morgan fingerprint density at radius 3 is 2.65 bits per heavy atom. The molecule has 218 valence electrons. The summed E-state index contributed by atoms with van der Waals surface area (Å²) in [5, 5.41) is 17.3. The highest BCUT2D eigenvalue weighted by molar-refractivity contribution is 6.36. The van der Waals surface area contributed by atoms with Gasteiger partial charge >= 0.3 is 5.97 Å². The van der Waals surface area contributed by atoms with Gasteiger partial charge in [0.1, 0.15) is 46.0 Å². The number of anilines is 1. The molecule has 13 heteroatoms. The summed E-state index contributed by atoms with van der Waals surface area (Å²) in [5.41, 5.74) is -0.727. The highest BCUT2D eigenvalue weighted by atomic mass is 35.5. The van der Waals surface area contributed by atoms with Crippen LogP contribution in [-0.4, -0.2) is 57.2 Å². The number of ketones is 2. The molecular weight excluding hydrogens is 580 g/mol. The van der Waals surface area contributed by atoms with E-state index in [-0.39, 0.29) is 56.9 Å². The number of carbonyl (C=O) groups is 3. The zero-order valence-corrected chi connectivity index (χ0v) is 23.8. The van der Waals surface area contributed by atoms with Crippen LogP contribution in [0.2, 0.25) is 5.02 Å². The Balaban J connectivity index is 1.37. The third kappa shape index (κ3) is 3.59. The molecule has 0 saturated heterocycles. The number of carboxylic acids is 1. The van der Waals surface area contributed by atoms with Crippen molar-refractivity contribution in [3.63, 3.8) is 0 Å². The molecule has 0 bridgehead atoms. The lowest BCUT2D eigenvalue weighted by molar-refractivity contribution is -0.131. The van der Waals surface area contributed by atoms with Crippen molar-refractivity contribution in [2.75, 3.05) is 19.5 Å². The molecule has 0 amide bonds. The van der Waals surface area contributed by atoms with E-state index in [1.54, 1.807) is 37.3 Å². The van der Waals surface area contributed by atoms with Crippen molar-refractivity contribution in [3.8, 4) is 28.6 Å². The number of methoxy groups -OCH3 is 2. The molecule has 1 spiro atoms. The summed E-state index contributed by atoms with van der Waals surface area (Å²) in [6, 6.07) is 10.3. The SMILES string of the molecule is COc1cc(OC)c2c(c1Cl)O[C@@]1(C(=O)C3=C(C[C@H]1C)Nc1ncnn1C3c1ccc(-c3ccccc3C(=O)O)o1)C2=O. The van der Waals surface area contributed by atoms with Crippen LogP contribution in [0.5, 0.6) is 17.2 Å². The maximum Gasteiger partial charge on any atom is 0.336 e. The number of halogens is 1. The van der Waals surface area contributed by atoms with E-state index in [4.69, 9.17) is 30.2 Å². The highest BCUT2D eigenvalue weighted by Gasteiger charge is 2.64. The first kappa shape index (κ1) is 26.8. The van der Waals surface area contributed by atoms with Gasteiger partial charge in [0.25, 0.3) is 0 Å². The third-order valence-corrected chi connectivity index (χ3v) is 8.56. The van der Waals surface area contributed by atoms with Crippen molar-refractivity contribution >= 4 is 35.1 Å². The van der Waals surface area contributed by atoms with Crippen LogP contribution in [0.25, 0.3) is 11.3 Å². The van der Waals surface area contributed by atoms with Crippen molar-refractivity contribution < 1.29 is 38.1 Å². The standard InChI is InChI=1S/C30H23ClN4O8/c1-13-10-16-21(26(36)30(13)27(37)22-19(40-2)11-20(41-3)23(31)25(22)43-30)24(35-29(34-16)32-12-33-35)18-9-8-17(42-18)14-6-4-5-7-15(14)28(38)39/h4-9,11-13,24H,10H2,1-3H3,(H,38,39)(H,32,33,34)/t13-,24?,30+/m1/s1. The average molecular weight is 603 g/mol. The number of aromatic carboxylic acids is 1. The van der Waals surface area contributed by atoms with Crippen LogP contribution in [0.15, 0.2) is 64.5 Å². The number of hydrogen-bond acceptors (Lipinski definition) is 10. The normalized spacial score (nSPS) is 22.0. The van der Waals surface area contributed by atoms with Gasteiger partial charge in [-0.1, -0.05) is 36.7 Å². The van der Waals surface area contributed by atoms with Crippen molar-refractivity contribution in [1.29, 1.82) is 0 Å². The van der Waals surface area contributed by atoms with E-state index in [0.717, 1.165) is 0 Å². The smallest absolute Gasteiger partial charge is 0.336 e. The first-order valence-electron chi connectivity index (χ1n) is 13.3. The van der Waals surface area contributed by atoms with Crippen LogP contribution in [0, 0.1) is 5.92 Å². The van der Waals surface area contributed by atoms with Crippen LogP contribution < -0.4 is 19.5 Å². The minimum Gasteiger partial charge on any atom is -0.496 e. The second-order valence-electron chi connectivity index (χ2n) is 10.4. The van der Waals surface area contributed by atoms with Gasteiger partial charge in [-0.2, -0.15) is 10.1 Å². The topological polar surface area (TPSA) is 155 Å². The largest absolute Gasteiger partial charge is 0.496 e. The highest BCUT2D eigenvalue weighted by Crippen LogP contribution is 2.55. The number of rotatable bonds is 5. The number of ether oxygens (including phenoxy) is 3. The van der Waals surface area contributed by atoms with E-state index in [9.17, 15) is 19.5 Å². The van der Waals surface area contributed by atoms with Crippen molar-refractivity contribution in [1.82, 2.24) is 14.8 Å². The van der Waals surface area contributed by atoms with E-state index in [2.05, 4.69) is 15.4 Å². The van der Waals surface area contributed by atoms with Gasteiger partial charge in [0, 0.05) is 23.2 Å². The minimum absolute atomic E-state index is 0.0134. The molecule has 3 atom stereocenters. The number of aromatic nitrogens is 3. The molecule has 2 N–H and O–H groups in total. The predicted octanol–water partition coefficient (Wildman–Crippen LogP) is 4.80. The van der Waals surface area contributed by atoms with Gasteiger partial charge in [-0.05, 0) is 24.6 Å². The monoisotopic (exact) mass is 602 g/mol. The van der Waals surface area contributed by atoms with E-state index < -0.39 is 35.1 Å². The van der Waals surface area contributed by atoms with Gasteiger partial charge in [-0.15, -0.1) is 0 Å². The summed E-state index contributed by atoms with van der Waals surface area (Å²) in [7, 11) is 2.82. The van der Waals surface area contributed by atoms with Crippen LogP contribution in [0.4, 0.5) is 5.95 Å². The lowest BCUT2D eigenvalue weighted by Gasteiger charge is -2.41. The van der Waals surface area contributed by atoms with Gasteiger partial charge in [-0.3, -0.25) is 9.59 Å². The van der Waals surface area contributed by atoms with Crippen LogP contribution in [0.3, 0.4) is 0 Å². The van der Waals surface area contributed by atoms with Crippen molar-refractivity contribution in [2.24, 2.45) is 5.92 Å². The fraction of sp³-hybridized carbons (Fsp3) is 0.233. The molecule has 12 nitrogen and oxygen atoms in total. The third-order valence-electron chi connectivity index (χ3n) is 8.20. The van der Waals surface area contributed by atoms with Crippen molar-refractivity contribution in [2.45, 2.75) is 25.0 Å². The van der Waals surface area contributed by atoms with Gasteiger partial charge in [0.15, 0.2) is 5.75 Å². The lowest BCUT2D eigenvalue weighted by Crippen LogP contribution is -2.58. The summed E-state index contributed by atoms with van der Waals surface area (Å²) < 4.78 is 24.9. The summed E-state index contributed by atoms with van der Waals surface area (Å²) in [6.07, 6.45) is 1.58. The molecule has 43 heavy (non-hydrogen) atoms. The van der Waals surface area contributed by atoms with Gasteiger partial charge in [0.2, 0.25) is 23.1 Å². The molecule has 4 aromatic rings. The molecule has 2 aliphatic heterocycles. The molecule has 0 radical (unpaired) electrons. The van der Waals surface area contributed by atoms with E-state index >= 15 is 0 Å². The van der Waals surface area contributed by atoms with Crippen LogP contribution >= 0.6 is 11.6 Å². The quantitative estimate of drug-likeness (QED) is 0.303. The summed E-state index contributed by atoms with van der Waals surface area (Å²) in [4.78, 5) is 45.2. The molecule has 7 rings (SSSR count). The number of furan rings is 1. The first-order valence-corrected chi connectivity index (χ1v) is 13.6. The van der Waals surface area contributed by atoms with Gasteiger partial charge in [-0.25, -0.2) is 9.48 Å². The molecular formula is C30H23ClN4O8. The summed E-state index contributed by atoms with van der Waals surface area (Å²) in [6.45, 7) is 1.76. The number of Topliss-reactive ketones (excluding diaryl/α,β-unsaturated/α-hetero) is 2. The Kier molecular flexibility index (Phi) is 5.89. The fourth-order valence-corrected chi connectivity index (χ4v) is 6.45. The van der Waals surface area contributed by atoms with Crippen LogP contribution in [-0.2, 0) is 4.79 Å². The van der Waals surface area contributed by atoms with Gasteiger partial charge < -0.3 is 29.1 Å². The van der Waals surface area contributed by atoms with Gasteiger partial charge in [0.05, 0.1) is 25.4 Å². The second kappa shape index (κ2) is 9.46. The summed E-state index contributed by atoms with van der Waals surface area (Å²) >= 11 is 6.58. The number of carboxylic acid groups (broad SMARTS) is 1. The zero-order chi connectivity index (χ0) is 30.2. The number of nitrogens with one attached hydrogen (secondary N) is 1. The number of benzene rings is 2. The first-order chi connectivity index (χ1) is 20.7. The molecule has 1 unspecified atom stereocenters. The molecule has 4 heterocycles. The van der Waals surface area contributed by atoms with E-state index in [1.165, 1.54) is 37.4 Å². The number of hydrogen-bond donors (Lipinski definition) is 2. The molecule has 3 aliphatic rings.